The third-order valence-corrected chi connectivity index (χ3v) is 3.85. The molecule has 0 spiro atoms. The number of aromatic amines is 1. The molecule has 1 saturated carbocycles. The second kappa shape index (κ2) is 5.10. The number of hydrogen-bond acceptors (Lipinski definition) is 3. The number of H-pyrrole nitrogens is 1. The number of carbonyl (C=O) groups excluding carboxylic acids is 1. The highest BCUT2D eigenvalue weighted by molar-refractivity contribution is 5.79. The van der Waals surface area contributed by atoms with E-state index >= 15 is 0 Å². The minimum Gasteiger partial charge on any atom is -0.334 e. The highest BCUT2D eigenvalue weighted by Gasteiger charge is 2.29. The van der Waals surface area contributed by atoms with E-state index in [0.717, 1.165) is 24.9 Å². The van der Waals surface area contributed by atoms with Crippen LogP contribution in [0.15, 0.2) is 12.4 Å². The molecule has 1 amide bonds. The Bertz CT molecular complexity index is 399. The number of carbonyl (C=O) groups is 1. The Morgan fingerprint density at radius 1 is 1.44 bits per heavy atom. The predicted octanol–water partition coefficient (Wildman–Crippen LogP) is 1.22. The van der Waals surface area contributed by atoms with Crippen molar-refractivity contribution in [3.8, 4) is 0 Å². The minimum absolute atomic E-state index is 0.214. The lowest BCUT2D eigenvalue weighted by Crippen LogP contribution is -2.43. The molecule has 1 saturated heterocycles. The van der Waals surface area contributed by atoms with Gasteiger partial charge in [0, 0.05) is 24.3 Å². The van der Waals surface area contributed by atoms with Gasteiger partial charge in [0.25, 0.3) is 0 Å². The number of nitrogens with zero attached hydrogens (tertiary/aromatic N) is 2. The number of amides is 1. The van der Waals surface area contributed by atoms with Gasteiger partial charge in [-0.25, -0.2) is 0 Å². The molecule has 2 heterocycles. The maximum atomic E-state index is 12.3. The summed E-state index contributed by atoms with van der Waals surface area (Å²) >= 11 is 0. The largest absolute Gasteiger partial charge is 0.334 e. The molecule has 1 unspecified atom stereocenters. The Kier molecular flexibility index (Phi) is 3.32. The fourth-order valence-electron chi connectivity index (χ4n) is 2.64. The summed E-state index contributed by atoms with van der Waals surface area (Å²) in [5.74, 6) is 0.229. The topological polar surface area (TPSA) is 61.0 Å². The van der Waals surface area contributed by atoms with Crippen LogP contribution in [-0.4, -0.2) is 40.1 Å². The molecule has 1 aliphatic carbocycles. The van der Waals surface area contributed by atoms with Crippen molar-refractivity contribution in [3.63, 3.8) is 0 Å². The molecule has 1 aromatic rings. The van der Waals surface area contributed by atoms with Crippen LogP contribution in [0.5, 0.6) is 0 Å². The van der Waals surface area contributed by atoms with E-state index < -0.39 is 0 Å². The Morgan fingerprint density at radius 2 is 2.33 bits per heavy atom. The van der Waals surface area contributed by atoms with Gasteiger partial charge in [-0.2, -0.15) is 5.10 Å². The molecule has 0 bridgehead atoms. The number of hydrogen-bond donors (Lipinski definition) is 2. The zero-order valence-corrected chi connectivity index (χ0v) is 10.6. The van der Waals surface area contributed by atoms with Crippen molar-refractivity contribution in [2.75, 3.05) is 13.1 Å². The first-order valence-electron chi connectivity index (χ1n) is 6.86. The van der Waals surface area contributed by atoms with E-state index in [1.807, 2.05) is 17.3 Å². The van der Waals surface area contributed by atoms with Gasteiger partial charge in [-0.05, 0) is 32.1 Å². The molecular weight excluding hydrogens is 228 g/mol. The first-order valence-corrected chi connectivity index (χ1v) is 6.86. The van der Waals surface area contributed by atoms with Gasteiger partial charge in [0.15, 0.2) is 0 Å². The van der Waals surface area contributed by atoms with Crippen molar-refractivity contribution in [1.82, 2.24) is 20.4 Å². The quantitative estimate of drug-likeness (QED) is 0.842. The Labute approximate surface area is 107 Å². The van der Waals surface area contributed by atoms with E-state index in [2.05, 4.69) is 15.5 Å². The molecule has 2 aliphatic rings. The van der Waals surface area contributed by atoms with Crippen LogP contribution in [0.25, 0.3) is 0 Å². The zero-order chi connectivity index (χ0) is 12.4. The Balaban J connectivity index is 1.64. The number of piperidine rings is 1. The summed E-state index contributed by atoms with van der Waals surface area (Å²) < 4.78 is 0. The van der Waals surface area contributed by atoms with E-state index in [1.54, 1.807) is 0 Å². The Morgan fingerprint density at radius 3 is 3.06 bits per heavy atom. The van der Waals surface area contributed by atoms with E-state index in [0.29, 0.717) is 12.6 Å². The molecule has 1 aliphatic heterocycles. The molecule has 0 aromatic carbocycles. The van der Waals surface area contributed by atoms with Gasteiger partial charge >= 0.3 is 0 Å². The summed E-state index contributed by atoms with van der Waals surface area (Å²) in [4.78, 5) is 14.3. The summed E-state index contributed by atoms with van der Waals surface area (Å²) in [6, 6.07) is 0.803. The van der Waals surface area contributed by atoms with E-state index in [9.17, 15) is 4.79 Å². The van der Waals surface area contributed by atoms with E-state index in [1.165, 1.54) is 19.3 Å². The lowest BCUT2D eigenvalue weighted by Gasteiger charge is -2.35. The first-order chi connectivity index (χ1) is 8.84. The van der Waals surface area contributed by atoms with Gasteiger partial charge in [-0.3, -0.25) is 9.89 Å². The van der Waals surface area contributed by atoms with Crippen LogP contribution in [0.3, 0.4) is 0 Å². The van der Waals surface area contributed by atoms with Crippen molar-refractivity contribution >= 4 is 5.91 Å². The Hall–Kier alpha value is -1.36. The fraction of sp³-hybridized carbons (Fsp3) is 0.692. The minimum atomic E-state index is 0.214. The number of nitrogens with one attached hydrogen (secondary N) is 2. The SMILES string of the molecule is O=C(CNC1CC1)N1CCCCC1c1cn[nH]c1. The standard InChI is InChI=1S/C13H20N4O/c18-13(9-14-11-4-5-11)17-6-2-1-3-12(17)10-7-15-16-8-10/h7-8,11-12,14H,1-6,9H2,(H,15,16). The maximum Gasteiger partial charge on any atom is 0.237 e. The van der Waals surface area contributed by atoms with Gasteiger partial charge in [0.05, 0.1) is 18.8 Å². The van der Waals surface area contributed by atoms with Gasteiger partial charge in [0.1, 0.15) is 0 Å². The van der Waals surface area contributed by atoms with Crippen molar-refractivity contribution in [2.24, 2.45) is 0 Å². The predicted molar refractivity (Wildman–Crippen MR) is 67.9 cm³/mol. The van der Waals surface area contributed by atoms with Crippen LogP contribution in [0.4, 0.5) is 0 Å². The number of likely N-dealkylation sites (tertiary alicyclic amines) is 1. The highest BCUT2D eigenvalue weighted by atomic mass is 16.2. The van der Waals surface area contributed by atoms with Crippen molar-refractivity contribution in [2.45, 2.75) is 44.2 Å². The summed E-state index contributed by atoms with van der Waals surface area (Å²) in [6.45, 7) is 1.36. The molecule has 3 rings (SSSR count). The third kappa shape index (κ3) is 2.56. The second-order valence-corrected chi connectivity index (χ2v) is 5.29. The van der Waals surface area contributed by atoms with Gasteiger partial charge < -0.3 is 10.2 Å². The van der Waals surface area contributed by atoms with Crippen molar-refractivity contribution in [1.29, 1.82) is 0 Å². The van der Waals surface area contributed by atoms with Crippen LogP contribution < -0.4 is 5.32 Å². The monoisotopic (exact) mass is 248 g/mol. The second-order valence-electron chi connectivity index (χ2n) is 5.29. The lowest BCUT2D eigenvalue weighted by molar-refractivity contribution is -0.134. The molecule has 0 radical (unpaired) electrons. The molecular formula is C13H20N4O. The first kappa shape index (κ1) is 11.7. The van der Waals surface area contributed by atoms with Crippen molar-refractivity contribution < 1.29 is 4.79 Å². The van der Waals surface area contributed by atoms with Crippen LogP contribution in [0.2, 0.25) is 0 Å². The van der Waals surface area contributed by atoms with Gasteiger partial charge in [-0.15, -0.1) is 0 Å². The molecule has 1 aromatic heterocycles. The summed E-state index contributed by atoms with van der Waals surface area (Å²) in [5.41, 5.74) is 1.13. The van der Waals surface area contributed by atoms with Crippen LogP contribution in [0, 0.1) is 0 Å². The van der Waals surface area contributed by atoms with Crippen LogP contribution >= 0.6 is 0 Å². The average Bonchev–Trinajstić information content (AvgIpc) is 3.08. The molecule has 1 atom stereocenters. The molecule has 5 nitrogen and oxygen atoms in total. The molecule has 5 heteroatoms. The summed E-state index contributed by atoms with van der Waals surface area (Å²) in [5, 5.41) is 10.1. The lowest BCUT2D eigenvalue weighted by atomic mass is 9.97. The van der Waals surface area contributed by atoms with E-state index in [4.69, 9.17) is 0 Å². The average molecular weight is 248 g/mol. The normalized spacial score (nSPS) is 24.2. The number of rotatable bonds is 4. The third-order valence-electron chi connectivity index (χ3n) is 3.85. The smallest absolute Gasteiger partial charge is 0.237 e. The van der Waals surface area contributed by atoms with Crippen molar-refractivity contribution in [3.05, 3.63) is 18.0 Å². The van der Waals surface area contributed by atoms with E-state index in [-0.39, 0.29) is 11.9 Å². The fourth-order valence-corrected chi connectivity index (χ4v) is 2.64. The molecule has 2 fully saturated rings. The summed E-state index contributed by atoms with van der Waals surface area (Å²) in [6.07, 6.45) is 9.54. The molecule has 2 N–H and O–H groups in total. The highest BCUT2D eigenvalue weighted by Crippen LogP contribution is 2.30. The summed E-state index contributed by atoms with van der Waals surface area (Å²) in [7, 11) is 0. The molecule has 18 heavy (non-hydrogen) atoms. The van der Waals surface area contributed by atoms with Crippen LogP contribution in [-0.2, 0) is 4.79 Å². The molecule has 98 valence electrons. The van der Waals surface area contributed by atoms with Crippen LogP contribution in [0.1, 0.15) is 43.7 Å². The zero-order valence-electron chi connectivity index (χ0n) is 10.6. The van der Waals surface area contributed by atoms with Gasteiger partial charge in [-0.1, -0.05) is 0 Å². The van der Waals surface area contributed by atoms with Gasteiger partial charge in [0.2, 0.25) is 5.91 Å². The maximum absolute atomic E-state index is 12.3. The number of aromatic nitrogens is 2.